The average molecular weight is 158 g/mol. The molecule has 0 bridgehead atoms. The van der Waals surface area contributed by atoms with Crippen LogP contribution in [0.15, 0.2) is 0 Å². The van der Waals surface area contributed by atoms with E-state index >= 15 is 0 Å². The predicted octanol–water partition coefficient (Wildman–Crippen LogP) is -0.211. The Hall–Kier alpha value is -0.120. The van der Waals surface area contributed by atoms with Crippen LogP contribution in [0.1, 0.15) is 20.3 Å². The number of β-amino-alcohol motifs (C(OH)–C–C–N with tert-alkyl or cyclic N) is 1. The summed E-state index contributed by atoms with van der Waals surface area (Å²) in [5.74, 6) is 0. The number of piperidine rings is 1. The van der Waals surface area contributed by atoms with E-state index in [1.807, 2.05) is 0 Å². The second-order valence-corrected chi connectivity index (χ2v) is 3.61. The molecule has 0 amide bonds. The summed E-state index contributed by atoms with van der Waals surface area (Å²) in [5, 5.41) is 9.43. The first-order valence-electron chi connectivity index (χ1n) is 4.29. The molecule has 0 aromatic rings. The summed E-state index contributed by atoms with van der Waals surface area (Å²) in [6, 6.07) is 0.516. The highest BCUT2D eigenvalue weighted by molar-refractivity contribution is 4.83. The van der Waals surface area contributed by atoms with E-state index in [2.05, 4.69) is 18.7 Å². The fourth-order valence-corrected chi connectivity index (χ4v) is 1.44. The SMILES string of the molecule is CC(C)N1CC[C@@H](N)[C@H](O)C1. The second-order valence-electron chi connectivity index (χ2n) is 3.61. The maximum Gasteiger partial charge on any atom is 0.0818 e. The van der Waals surface area contributed by atoms with Crippen LogP contribution >= 0.6 is 0 Å². The normalized spacial score (nSPS) is 34.6. The number of aliphatic hydroxyl groups is 1. The van der Waals surface area contributed by atoms with Crippen molar-refractivity contribution < 1.29 is 5.11 Å². The van der Waals surface area contributed by atoms with Crippen LogP contribution in [-0.2, 0) is 0 Å². The van der Waals surface area contributed by atoms with Crippen LogP contribution in [0.2, 0.25) is 0 Å². The summed E-state index contributed by atoms with van der Waals surface area (Å²) >= 11 is 0. The van der Waals surface area contributed by atoms with Gasteiger partial charge in [-0.2, -0.15) is 0 Å². The monoisotopic (exact) mass is 158 g/mol. The van der Waals surface area contributed by atoms with Crippen LogP contribution < -0.4 is 5.73 Å². The van der Waals surface area contributed by atoms with Crippen molar-refractivity contribution in [3.63, 3.8) is 0 Å². The van der Waals surface area contributed by atoms with E-state index in [1.165, 1.54) is 0 Å². The Bertz CT molecular complexity index is 127. The molecule has 11 heavy (non-hydrogen) atoms. The third kappa shape index (κ3) is 2.15. The lowest BCUT2D eigenvalue weighted by Crippen LogP contribution is -2.52. The van der Waals surface area contributed by atoms with Crippen LogP contribution in [0.3, 0.4) is 0 Å². The van der Waals surface area contributed by atoms with Gasteiger partial charge in [0.2, 0.25) is 0 Å². The van der Waals surface area contributed by atoms with Crippen molar-refractivity contribution in [3.8, 4) is 0 Å². The summed E-state index contributed by atoms with van der Waals surface area (Å²) in [6.07, 6.45) is 0.588. The largest absolute Gasteiger partial charge is 0.390 e. The fourth-order valence-electron chi connectivity index (χ4n) is 1.44. The van der Waals surface area contributed by atoms with E-state index < -0.39 is 0 Å². The molecular weight excluding hydrogens is 140 g/mol. The molecule has 1 saturated heterocycles. The lowest BCUT2D eigenvalue weighted by atomic mass is 10.0. The number of nitrogens with two attached hydrogens (primary N) is 1. The van der Waals surface area contributed by atoms with E-state index in [0.717, 1.165) is 19.5 Å². The van der Waals surface area contributed by atoms with Crippen molar-refractivity contribution >= 4 is 0 Å². The molecule has 1 fully saturated rings. The Morgan fingerprint density at radius 1 is 1.55 bits per heavy atom. The molecule has 0 unspecified atom stereocenters. The number of rotatable bonds is 1. The number of hydrogen-bond donors (Lipinski definition) is 2. The van der Waals surface area contributed by atoms with Crippen LogP contribution in [0, 0.1) is 0 Å². The summed E-state index contributed by atoms with van der Waals surface area (Å²) in [5.41, 5.74) is 5.66. The van der Waals surface area contributed by atoms with Gasteiger partial charge in [-0.15, -0.1) is 0 Å². The predicted molar refractivity (Wildman–Crippen MR) is 45.3 cm³/mol. The highest BCUT2D eigenvalue weighted by Gasteiger charge is 2.25. The Morgan fingerprint density at radius 3 is 2.64 bits per heavy atom. The lowest BCUT2D eigenvalue weighted by Gasteiger charge is -2.36. The molecule has 0 aliphatic carbocycles. The minimum absolute atomic E-state index is 0.00926. The average Bonchev–Trinajstić information content (AvgIpc) is 1.94. The Kier molecular flexibility index (Phi) is 2.87. The maximum absolute atomic E-state index is 9.43. The third-order valence-electron chi connectivity index (χ3n) is 2.40. The van der Waals surface area contributed by atoms with Gasteiger partial charge < -0.3 is 10.8 Å². The van der Waals surface area contributed by atoms with Gasteiger partial charge in [0.05, 0.1) is 6.10 Å². The Balaban J connectivity index is 2.40. The highest BCUT2D eigenvalue weighted by atomic mass is 16.3. The van der Waals surface area contributed by atoms with Crippen LogP contribution in [0.25, 0.3) is 0 Å². The smallest absolute Gasteiger partial charge is 0.0818 e. The van der Waals surface area contributed by atoms with Gasteiger partial charge in [-0.1, -0.05) is 0 Å². The summed E-state index contributed by atoms with van der Waals surface area (Å²) in [7, 11) is 0. The van der Waals surface area contributed by atoms with Crippen LogP contribution in [0.5, 0.6) is 0 Å². The molecule has 0 saturated carbocycles. The topological polar surface area (TPSA) is 49.5 Å². The number of nitrogens with zero attached hydrogens (tertiary/aromatic N) is 1. The quantitative estimate of drug-likeness (QED) is 0.555. The van der Waals surface area contributed by atoms with E-state index in [4.69, 9.17) is 5.73 Å². The van der Waals surface area contributed by atoms with Crippen LogP contribution in [-0.4, -0.2) is 41.3 Å². The first kappa shape index (κ1) is 8.97. The molecular formula is C8H18N2O. The van der Waals surface area contributed by atoms with Crippen molar-refractivity contribution in [2.45, 2.75) is 38.5 Å². The van der Waals surface area contributed by atoms with Gasteiger partial charge in [0.15, 0.2) is 0 Å². The van der Waals surface area contributed by atoms with Crippen molar-refractivity contribution in [2.24, 2.45) is 5.73 Å². The molecule has 3 N–H and O–H groups in total. The molecule has 0 spiro atoms. The number of aliphatic hydroxyl groups excluding tert-OH is 1. The minimum Gasteiger partial charge on any atom is -0.390 e. The molecule has 0 radical (unpaired) electrons. The molecule has 3 heteroatoms. The van der Waals surface area contributed by atoms with Crippen molar-refractivity contribution in [1.82, 2.24) is 4.90 Å². The van der Waals surface area contributed by atoms with Crippen LogP contribution in [0.4, 0.5) is 0 Å². The van der Waals surface area contributed by atoms with Crippen molar-refractivity contribution in [1.29, 1.82) is 0 Å². The molecule has 0 aromatic heterocycles. The first-order chi connectivity index (χ1) is 5.11. The standard InChI is InChI=1S/C8H18N2O/c1-6(2)10-4-3-7(9)8(11)5-10/h6-8,11H,3-5,9H2,1-2H3/t7-,8-/m1/s1. The van der Waals surface area contributed by atoms with Gasteiger partial charge in [-0.3, -0.25) is 4.90 Å². The molecule has 1 heterocycles. The molecule has 1 aliphatic heterocycles. The van der Waals surface area contributed by atoms with E-state index in [0.29, 0.717) is 6.04 Å². The molecule has 66 valence electrons. The van der Waals surface area contributed by atoms with Gasteiger partial charge in [0.25, 0.3) is 0 Å². The first-order valence-corrected chi connectivity index (χ1v) is 4.29. The van der Waals surface area contributed by atoms with Gasteiger partial charge in [0.1, 0.15) is 0 Å². The number of likely N-dealkylation sites (tertiary alicyclic amines) is 1. The molecule has 1 aliphatic rings. The van der Waals surface area contributed by atoms with Crippen molar-refractivity contribution in [2.75, 3.05) is 13.1 Å². The van der Waals surface area contributed by atoms with Gasteiger partial charge in [0, 0.05) is 25.2 Å². The van der Waals surface area contributed by atoms with Gasteiger partial charge >= 0.3 is 0 Å². The highest BCUT2D eigenvalue weighted by Crippen LogP contribution is 2.11. The van der Waals surface area contributed by atoms with Gasteiger partial charge in [-0.25, -0.2) is 0 Å². The van der Waals surface area contributed by atoms with Crippen molar-refractivity contribution in [3.05, 3.63) is 0 Å². The molecule has 3 nitrogen and oxygen atoms in total. The summed E-state index contributed by atoms with van der Waals surface area (Å²) in [4.78, 5) is 2.26. The summed E-state index contributed by atoms with van der Waals surface area (Å²) < 4.78 is 0. The summed E-state index contributed by atoms with van der Waals surface area (Å²) in [6.45, 7) is 6.04. The zero-order valence-corrected chi connectivity index (χ0v) is 7.33. The molecule has 1 rings (SSSR count). The zero-order valence-electron chi connectivity index (χ0n) is 7.33. The third-order valence-corrected chi connectivity index (χ3v) is 2.40. The number of hydrogen-bond acceptors (Lipinski definition) is 3. The van der Waals surface area contributed by atoms with E-state index in [-0.39, 0.29) is 12.1 Å². The molecule has 2 atom stereocenters. The van der Waals surface area contributed by atoms with Gasteiger partial charge in [-0.05, 0) is 20.3 Å². The minimum atomic E-state index is -0.328. The second kappa shape index (κ2) is 3.52. The van der Waals surface area contributed by atoms with E-state index in [1.54, 1.807) is 0 Å². The lowest BCUT2D eigenvalue weighted by molar-refractivity contribution is 0.0391. The maximum atomic E-state index is 9.43. The Labute approximate surface area is 68.2 Å². The zero-order chi connectivity index (χ0) is 8.43. The Morgan fingerprint density at radius 2 is 2.18 bits per heavy atom. The fraction of sp³-hybridized carbons (Fsp3) is 1.00. The molecule has 0 aromatic carbocycles. The van der Waals surface area contributed by atoms with E-state index in [9.17, 15) is 5.11 Å².